The number of aliphatic carboxylic acids is 1. The number of hydrogen-bond donors (Lipinski definition) is 9. The largest absolute Gasteiger partial charge is 0.449 e. The van der Waals surface area contributed by atoms with Gasteiger partial charge in [0.05, 0.1) is 115 Å². The van der Waals surface area contributed by atoms with Gasteiger partial charge in [0.15, 0.2) is 0 Å². The predicted molar refractivity (Wildman–Crippen MR) is 455 cm³/mol. The van der Waals surface area contributed by atoms with Crippen molar-refractivity contribution < 1.29 is 160 Å². The van der Waals surface area contributed by atoms with Gasteiger partial charge in [-0.2, -0.15) is 0 Å². The van der Waals surface area contributed by atoms with Crippen molar-refractivity contribution in [3.8, 4) is 17.7 Å². The summed E-state index contributed by atoms with van der Waals surface area (Å²) in [6, 6.07) is 38.6. The molecular formula is C87H118BClN6O33. The predicted octanol–water partition coefficient (Wildman–Crippen LogP) is 6.79. The minimum Gasteiger partial charge on any atom is -0.449 e. The molecule has 0 radical (unpaired) electrons. The van der Waals surface area contributed by atoms with Crippen LogP contribution >= 0.6 is 11.6 Å². The number of carboxylic acid groups (broad SMARTS) is 1. The summed E-state index contributed by atoms with van der Waals surface area (Å²) < 4.78 is 67.0. The van der Waals surface area contributed by atoms with Crippen molar-refractivity contribution in [3.63, 3.8) is 0 Å². The van der Waals surface area contributed by atoms with Gasteiger partial charge in [0, 0.05) is 103 Å². The number of hydrogen-bond acceptors (Lipinski definition) is 34. The number of β-amino-alcohol motifs (C(OH)–C–C–N with tert-alkyl or cyclic N) is 5. The normalized spacial score (nSPS) is 19.7. The zero-order valence-corrected chi connectivity index (χ0v) is 74.0. The van der Waals surface area contributed by atoms with E-state index >= 15 is 0 Å². The number of amides is 4. The van der Waals surface area contributed by atoms with Crippen molar-refractivity contribution >= 4 is 90.3 Å². The van der Waals surface area contributed by atoms with E-state index in [0.29, 0.717) is 52.3 Å². The van der Waals surface area contributed by atoms with Gasteiger partial charge in [0.2, 0.25) is 0 Å². The fourth-order valence-corrected chi connectivity index (χ4v) is 12.2. The Labute approximate surface area is 748 Å². The van der Waals surface area contributed by atoms with E-state index in [-0.39, 0.29) is 102 Å². The number of carboxylic acids is 1. The molecule has 7 heterocycles. The quantitative estimate of drug-likeness (QED) is 0.0181. The Morgan fingerprint density at radius 1 is 0.461 bits per heavy atom. The molecule has 9 N–H and O–H groups in total. The number of pyridine rings is 1. The number of aromatic hydroxyl groups is 1. The molecule has 11 rings (SSSR count). The van der Waals surface area contributed by atoms with Crippen molar-refractivity contribution in [2.24, 2.45) is 29.6 Å². The Kier molecular flexibility index (Phi) is 55.8. The molecule has 6 aliphatic rings. The maximum atomic E-state index is 12.0. The van der Waals surface area contributed by atoms with Gasteiger partial charge in [0.25, 0.3) is 5.97 Å². The van der Waals surface area contributed by atoms with Crippen LogP contribution < -0.4 is 5.32 Å². The number of aliphatic hydroxyl groups excluding tert-OH is 6. The summed E-state index contributed by atoms with van der Waals surface area (Å²) in [6.07, 6.45) is 2.76. The first kappa shape index (κ1) is 112. The first-order valence-electron chi connectivity index (χ1n) is 40.2. The van der Waals surface area contributed by atoms with Gasteiger partial charge in [-0.15, -0.1) is 0 Å². The summed E-state index contributed by atoms with van der Waals surface area (Å²) >= 11 is 4.97. The van der Waals surface area contributed by atoms with Crippen molar-refractivity contribution in [2.75, 3.05) is 121 Å². The molecule has 4 amide bonds. The average Bonchev–Trinajstić information content (AvgIpc) is 1.53. The summed E-state index contributed by atoms with van der Waals surface area (Å²) in [6.45, 7) is 11.8. The molecule has 39 nitrogen and oxygen atoms in total. The number of nitrogens with one attached hydrogen (secondary N) is 1. The van der Waals surface area contributed by atoms with Gasteiger partial charge in [-0.05, 0) is 94.0 Å². The second kappa shape index (κ2) is 63.8. The van der Waals surface area contributed by atoms with Crippen molar-refractivity contribution in [2.45, 2.75) is 135 Å². The molecule has 5 aromatic rings. The SMILES string of the molecule is C1CCOC1.CC(=O)O.COC(=O)C1CC(O)CN(C(=O)OC(C)(C)C)C1.COC(=O)C1CC(O)CN(C(=O)OCc2ccccc2)C1.COC(=O)C1CNCC(O)C1.COC(=O)[C@@H]1C[C@H](O)CN(C(=O)OCc2ccccc2)C1.COC(=O)[C@H]1C[C@@H](O)CN(C(=O)OCc2ccccc2)C1.COC(=O)c1cncc(O)c1.O=BC#CO.O=C(Cl)OCc1ccccc1. The van der Waals surface area contributed by atoms with E-state index in [9.17, 15) is 73.2 Å². The molecule has 4 aromatic carbocycles. The summed E-state index contributed by atoms with van der Waals surface area (Å²) in [4.78, 5) is 144. The van der Waals surface area contributed by atoms with Gasteiger partial charge >= 0.3 is 94.5 Å². The van der Waals surface area contributed by atoms with Crippen LogP contribution in [0.4, 0.5) is 24.0 Å². The number of carbonyl (C=O) groups is 12. The van der Waals surface area contributed by atoms with Gasteiger partial charge in [-0.3, -0.25) is 33.8 Å². The molecular weight excluding hydrogens is 1700 g/mol. The monoisotopic (exact) mass is 1820 g/mol. The minimum atomic E-state index is -0.833. The van der Waals surface area contributed by atoms with E-state index in [1.807, 2.05) is 121 Å². The standard InChI is InChI=1S/3C15H19NO5.C12H21NO5.C8H7ClO2.C7H13NO3.C7H7NO3.C4H8O.C2HBO2.C2H4O2/c3*1-20-14(18)12-7-13(17)9-16(8-12)15(19)21-10-11-5-3-2-4-6-11;1-12(2,3)18-11(16)13-6-8(10(15)17-4)5-9(14)7-13;9-8(10)11-6-7-4-2-1-3-5-7;2*1-11-7(10)5-2-6(9)4-8-3-5;1-2-4-5-3-1;4-2-1-3-5;1-2(3)4/h3*2-6,12-13,17H,7-10H2,1H3;8-9,14H,5-7H2,1-4H3;1-5H,6H2;5-6,8-9H,2-4H2,1H3;2-4,9H,1H3;1-4H2;4H;1H3,(H,3,4)/t2*12-,13+;;;;;;;;/m10......../s1. The van der Waals surface area contributed by atoms with E-state index in [1.165, 1.54) is 99.7 Å². The second-order valence-corrected chi connectivity index (χ2v) is 29.9. The number of ether oxygens (including phenoxy) is 12. The third-order valence-electron chi connectivity index (χ3n) is 18.0. The molecule has 128 heavy (non-hydrogen) atoms. The molecule has 0 aliphatic carbocycles. The van der Waals surface area contributed by atoms with E-state index in [4.69, 9.17) is 65.2 Å². The zero-order chi connectivity index (χ0) is 95.5. The fraction of sp³-hybridized carbons (Fsp3) is 0.506. The number of methoxy groups -OCH3 is 6. The number of esters is 6. The average molecular weight is 1820 g/mol. The maximum absolute atomic E-state index is 12.0. The van der Waals surface area contributed by atoms with Crippen LogP contribution in [0.1, 0.15) is 105 Å². The molecule has 6 saturated heterocycles. The number of benzene rings is 4. The van der Waals surface area contributed by atoms with E-state index in [2.05, 4.69) is 43.5 Å². The molecule has 0 bridgehead atoms. The molecule has 6 aliphatic heterocycles. The number of aliphatic hydroxyl groups is 6. The van der Waals surface area contributed by atoms with Crippen LogP contribution in [0, 0.1) is 41.5 Å². The number of carbonyl (C=O) groups excluding carboxylic acids is 11. The Hall–Kier alpha value is -12.1. The second-order valence-electron chi connectivity index (χ2n) is 29.6. The summed E-state index contributed by atoms with van der Waals surface area (Å²) in [5.41, 5.74) is 2.46. The van der Waals surface area contributed by atoms with Crippen LogP contribution in [0.3, 0.4) is 0 Å². The smallest absolute Gasteiger partial charge is 0.404 e. The molecule has 6 fully saturated rings. The first-order valence-corrected chi connectivity index (χ1v) is 40.6. The fourth-order valence-electron chi connectivity index (χ4n) is 12.2. The van der Waals surface area contributed by atoms with Crippen LogP contribution in [-0.2, 0) is 117 Å². The summed E-state index contributed by atoms with van der Waals surface area (Å²) in [5.74, 6) is -3.78. The summed E-state index contributed by atoms with van der Waals surface area (Å²) in [5, 5.41) is 74.9. The Bertz CT molecular complexity index is 3980. The van der Waals surface area contributed by atoms with Gasteiger partial charge in [-0.25, -0.2) is 28.8 Å². The van der Waals surface area contributed by atoms with E-state index in [0.717, 1.165) is 42.4 Å². The number of nitrogens with zero attached hydrogens (tertiary/aromatic N) is 5. The molecule has 41 heteroatoms. The van der Waals surface area contributed by atoms with Crippen LogP contribution in [-0.4, -0.2) is 302 Å². The number of piperidine rings is 5. The molecule has 704 valence electrons. The number of likely N-dealkylation sites (tertiary alicyclic amines) is 4. The number of halogens is 1. The third kappa shape index (κ3) is 49.1. The van der Waals surface area contributed by atoms with Crippen molar-refractivity contribution in [1.29, 1.82) is 0 Å². The Balaban J connectivity index is 0.000000499. The van der Waals surface area contributed by atoms with Gasteiger partial charge < -0.3 is 118 Å². The molecule has 1 aromatic heterocycles. The molecule has 6 unspecified atom stereocenters. The van der Waals surface area contributed by atoms with Gasteiger partial charge in [0.1, 0.15) is 37.8 Å². The van der Waals surface area contributed by atoms with Gasteiger partial charge in [-0.1, -0.05) is 121 Å². The third-order valence-corrected chi connectivity index (χ3v) is 18.2. The van der Waals surface area contributed by atoms with E-state index in [1.54, 1.807) is 26.6 Å². The first-order chi connectivity index (χ1) is 60.9. The maximum Gasteiger partial charge on any atom is 0.404 e. The number of rotatable bonds is 14. The van der Waals surface area contributed by atoms with Crippen LogP contribution in [0.5, 0.6) is 5.75 Å². The Morgan fingerprint density at radius 2 is 0.766 bits per heavy atom. The Morgan fingerprint density at radius 3 is 1.02 bits per heavy atom. The van der Waals surface area contributed by atoms with Crippen LogP contribution in [0.2, 0.25) is 0 Å². The molecule has 10 atom stereocenters. The molecule has 0 saturated carbocycles. The van der Waals surface area contributed by atoms with Crippen LogP contribution in [0.15, 0.2) is 140 Å². The van der Waals surface area contributed by atoms with Crippen molar-refractivity contribution in [3.05, 3.63) is 168 Å². The summed E-state index contributed by atoms with van der Waals surface area (Å²) in [7, 11) is 8.13. The minimum absolute atomic E-state index is 0.0482. The van der Waals surface area contributed by atoms with Crippen molar-refractivity contribution in [1.82, 2.24) is 29.9 Å². The topological polar surface area (TPSA) is 532 Å². The number of aromatic nitrogens is 1. The van der Waals surface area contributed by atoms with E-state index < -0.39 is 125 Å². The van der Waals surface area contributed by atoms with Crippen LogP contribution in [0.25, 0.3) is 0 Å². The molecule has 0 spiro atoms. The zero-order valence-electron chi connectivity index (χ0n) is 73.3.